The van der Waals surface area contributed by atoms with Crippen LogP contribution in [0.15, 0.2) is 18.2 Å². The molecule has 1 saturated heterocycles. The highest BCUT2D eigenvalue weighted by Crippen LogP contribution is 2.34. The number of anilines is 1. The van der Waals surface area contributed by atoms with Crippen molar-refractivity contribution >= 4 is 29.1 Å². The Morgan fingerprint density at radius 3 is 3.00 bits per heavy atom. The summed E-state index contributed by atoms with van der Waals surface area (Å²) in [5, 5.41) is 3.34. The lowest BCUT2D eigenvalue weighted by Crippen LogP contribution is -2.50. The molecular formula is C11H9ClN2O2. The molecule has 16 heavy (non-hydrogen) atoms. The molecule has 5 heteroatoms. The van der Waals surface area contributed by atoms with Crippen molar-refractivity contribution in [2.45, 2.75) is 19.0 Å². The third-order valence-electron chi connectivity index (χ3n) is 2.97. The zero-order chi connectivity index (χ0) is 11.3. The number of amides is 2. The molecule has 1 atom stereocenters. The average Bonchev–Trinajstić information content (AvgIpc) is 2.60. The molecule has 2 aliphatic rings. The van der Waals surface area contributed by atoms with E-state index in [9.17, 15) is 9.59 Å². The fourth-order valence-corrected chi connectivity index (χ4v) is 2.41. The van der Waals surface area contributed by atoms with Crippen LogP contribution in [0.25, 0.3) is 0 Å². The third-order valence-corrected chi connectivity index (χ3v) is 3.21. The Hall–Kier alpha value is -1.55. The smallest absolute Gasteiger partial charge is 0.255 e. The van der Waals surface area contributed by atoms with Gasteiger partial charge in [0.15, 0.2) is 0 Å². The molecule has 2 amide bonds. The van der Waals surface area contributed by atoms with Crippen LogP contribution in [-0.2, 0) is 4.79 Å². The Balaban J connectivity index is 2.19. The highest BCUT2D eigenvalue weighted by atomic mass is 35.5. The first-order chi connectivity index (χ1) is 7.66. The largest absolute Gasteiger partial charge is 0.331 e. The van der Waals surface area contributed by atoms with Crippen LogP contribution in [0.2, 0.25) is 5.02 Å². The predicted octanol–water partition coefficient (Wildman–Crippen LogP) is 1.54. The van der Waals surface area contributed by atoms with Gasteiger partial charge >= 0.3 is 0 Å². The van der Waals surface area contributed by atoms with Gasteiger partial charge in [0.25, 0.3) is 5.91 Å². The van der Waals surface area contributed by atoms with Crippen molar-refractivity contribution in [3.63, 3.8) is 0 Å². The molecule has 1 fully saturated rings. The summed E-state index contributed by atoms with van der Waals surface area (Å²) < 4.78 is 0. The molecule has 2 heterocycles. The van der Waals surface area contributed by atoms with E-state index >= 15 is 0 Å². The fraction of sp³-hybridized carbons (Fsp3) is 0.273. The second-order valence-electron chi connectivity index (χ2n) is 3.95. The van der Waals surface area contributed by atoms with E-state index in [4.69, 9.17) is 11.6 Å². The van der Waals surface area contributed by atoms with Crippen LogP contribution in [0.3, 0.4) is 0 Å². The zero-order valence-corrected chi connectivity index (χ0v) is 9.12. The maximum absolute atomic E-state index is 11.8. The standard InChI is InChI=1S/C11H9ClN2O2/c12-6-1-2-7-8(5-6)14-9(13-11(7)16)3-4-10(14)15/h1-2,5,9H,3-4H2,(H,13,16). The lowest BCUT2D eigenvalue weighted by Gasteiger charge is -2.32. The molecule has 0 saturated carbocycles. The van der Waals surface area contributed by atoms with Crippen LogP contribution in [0, 0.1) is 0 Å². The maximum atomic E-state index is 11.8. The minimum Gasteiger partial charge on any atom is -0.331 e. The molecule has 0 bridgehead atoms. The summed E-state index contributed by atoms with van der Waals surface area (Å²) in [5.41, 5.74) is 1.14. The number of benzene rings is 1. The molecule has 2 aliphatic heterocycles. The quantitative estimate of drug-likeness (QED) is 0.743. The summed E-state index contributed by atoms with van der Waals surface area (Å²) in [5.74, 6) is -0.101. The summed E-state index contributed by atoms with van der Waals surface area (Å²) in [6.45, 7) is 0. The number of halogens is 1. The van der Waals surface area contributed by atoms with Gasteiger partial charge in [0.1, 0.15) is 6.17 Å². The topological polar surface area (TPSA) is 49.4 Å². The number of rotatable bonds is 0. The van der Waals surface area contributed by atoms with Crippen molar-refractivity contribution in [1.82, 2.24) is 5.32 Å². The normalized spacial score (nSPS) is 22.8. The Labute approximate surface area is 97.2 Å². The second kappa shape index (κ2) is 3.22. The summed E-state index contributed by atoms with van der Waals surface area (Å²) >= 11 is 5.89. The third kappa shape index (κ3) is 1.23. The Morgan fingerprint density at radius 2 is 2.19 bits per heavy atom. The van der Waals surface area contributed by atoms with Gasteiger partial charge in [0, 0.05) is 11.4 Å². The number of nitrogens with one attached hydrogen (secondary N) is 1. The van der Waals surface area contributed by atoms with Crippen LogP contribution in [0.5, 0.6) is 0 Å². The lowest BCUT2D eigenvalue weighted by molar-refractivity contribution is -0.117. The van der Waals surface area contributed by atoms with Crippen molar-refractivity contribution in [2.24, 2.45) is 0 Å². The number of carbonyl (C=O) groups is 2. The lowest BCUT2D eigenvalue weighted by atomic mass is 10.1. The van der Waals surface area contributed by atoms with Crippen LogP contribution in [0.4, 0.5) is 5.69 Å². The van der Waals surface area contributed by atoms with E-state index in [2.05, 4.69) is 5.32 Å². The number of carbonyl (C=O) groups excluding carboxylic acids is 2. The van der Waals surface area contributed by atoms with E-state index in [1.165, 1.54) is 0 Å². The minimum absolute atomic E-state index is 0.0357. The summed E-state index contributed by atoms with van der Waals surface area (Å²) in [6, 6.07) is 4.97. The van der Waals surface area contributed by atoms with E-state index in [0.717, 1.165) is 0 Å². The first kappa shape index (κ1) is 9.66. The van der Waals surface area contributed by atoms with Gasteiger partial charge in [0.2, 0.25) is 5.91 Å². The summed E-state index contributed by atoms with van der Waals surface area (Å²) in [7, 11) is 0. The molecule has 0 spiro atoms. The average molecular weight is 237 g/mol. The number of fused-ring (bicyclic) bond motifs is 3. The van der Waals surface area contributed by atoms with E-state index in [1.807, 2.05) is 0 Å². The fourth-order valence-electron chi connectivity index (χ4n) is 2.25. The van der Waals surface area contributed by atoms with E-state index in [-0.39, 0.29) is 18.0 Å². The number of hydrogen-bond donors (Lipinski definition) is 1. The van der Waals surface area contributed by atoms with Gasteiger partial charge < -0.3 is 5.32 Å². The first-order valence-corrected chi connectivity index (χ1v) is 5.47. The van der Waals surface area contributed by atoms with Crippen LogP contribution in [-0.4, -0.2) is 18.0 Å². The van der Waals surface area contributed by atoms with Gasteiger partial charge in [-0.15, -0.1) is 0 Å². The second-order valence-corrected chi connectivity index (χ2v) is 4.39. The molecule has 82 valence electrons. The van der Waals surface area contributed by atoms with E-state index in [1.54, 1.807) is 23.1 Å². The van der Waals surface area contributed by atoms with Crippen molar-refractivity contribution in [1.29, 1.82) is 0 Å². The number of hydrogen-bond acceptors (Lipinski definition) is 2. The Morgan fingerprint density at radius 1 is 1.38 bits per heavy atom. The van der Waals surface area contributed by atoms with Gasteiger partial charge in [-0.05, 0) is 24.6 Å². The van der Waals surface area contributed by atoms with Crippen molar-refractivity contribution in [3.05, 3.63) is 28.8 Å². The Kier molecular flexibility index (Phi) is 1.94. The molecule has 3 rings (SSSR count). The highest BCUT2D eigenvalue weighted by molar-refractivity contribution is 6.31. The van der Waals surface area contributed by atoms with E-state index in [0.29, 0.717) is 29.1 Å². The van der Waals surface area contributed by atoms with Crippen LogP contribution in [0.1, 0.15) is 23.2 Å². The monoisotopic (exact) mass is 236 g/mol. The molecule has 0 aliphatic carbocycles. The molecule has 1 aromatic carbocycles. The molecule has 1 aromatic rings. The van der Waals surface area contributed by atoms with Crippen molar-refractivity contribution in [3.8, 4) is 0 Å². The van der Waals surface area contributed by atoms with Gasteiger partial charge in [-0.3, -0.25) is 14.5 Å². The van der Waals surface area contributed by atoms with Gasteiger partial charge in [-0.1, -0.05) is 11.6 Å². The Bertz CT molecular complexity index is 501. The summed E-state index contributed by atoms with van der Waals surface area (Å²) in [4.78, 5) is 25.1. The molecule has 0 aromatic heterocycles. The SMILES string of the molecule is O=C1NC2CCC(=O)N2c2cc(Cl)ccc21. The van der Waals surface area contributed by atoms with E-state index < -0.39 is 0 Å². The molecule has 1 unspecified atom stereocenters. The minimum atomic E-state index is -0.203. The maximum Gasteiger partial charge on any atom is 0.255 e. The van der Waals surface area contributed by atoms with Crippen LogP contribution < -0.4 is 10.2 Å². The number of nitrogens with zero attached hydrogens (tertiary/aromatic N) is 1. The first-order valence-electron chi connectivity index (χ1n) is 5.09. The summed E-state index contributed by atoms with van der Waals surface area (Å²) in [6.07, 6.45) is 0.930. The van der Waals surface area contributed by atoms with Gasteiger partial charge in [-0.25, -0.2) is 0 Å². The van der Waals surface area contributed by atoms with Crippen molar-refractivity contribution < 1.29 is 9.59 Å². The van der Waals surface area contributed by atoms with Crippen LogP contribution >= 0.6 is 11.6 Å². The van der Waals surface area contributed by atoms with Crippen molar-refractivity contribution in [2.75, 3.05) is 4.90 Å². The molecule has 4 nitrogen and oxygen atoms in total. The zero-order valence-electron chi connectivity index (χ0n) is 8.37. The molecule has 1 N–H and O–H groups in total. The van der Waals surface area contributed by atoms with Gasteiger partial charge in [-0.2, -0.15) is 0 Å². The predicted molar refractivity (Wildman–Crippen MR) is 59.4 cm³/mol. The molecule has 0 radical (unpaired) electrons. The highest BCUT2D eigenvalue weighted by Gasteiger charge is 2.39. The van der Waals surface area contributed by atoms with Gasteiger partial charge in [0.05, 0.1) is 11.3 Å². The molecular weight excluding hydrogens is 228 g/mol.